The molecule has 0 aromatic heterocycles. The molecule has 2 fully saturated rings. The van der Waals surface area contributed by atoms with E-state index in [1.54, 1.807) is 6.08 Å². The second-order valence-corrected chi connectivity index (χ2v) is 10.0. The predicted octanol–water partition coefficient (Wildman–Crippen LogP) is 6.30. The maximum Gasteiger partial charge on any atom is 0.243 e. The number of nitrogens with one attached hydrogen (secondary N) is 1. The number of carbonyl (C=O) groups excluding carboxylic acids is 2. The van der Waals surface area contributed by atoms with E-state index in [0.717, 1.165) is 67.4 Å². The first-order chi connectivity index (χ1) is 16.9. The molecule has 4 heteroatoms. The molecule has 1 aromatic rings. The third kappa shape index (κ3) is 7.06. The molecule has 1 aliphatic carbocycles. The highest BCUT2D eigenvalue weighted by Gasteiger charge is 2.54. The van der Waals surface area contributed by atoms with Gasteiger partial charge in [-0.1, -0.05) is 58.1 Å². The van der Waals surface area contributed by atoms with Crippen LogP contribution in [0.5, 0.6) is 0 Å². The molecule has 2 aliphatic rings. The van der Waals surface area contributed by atoms with Crippen LogP contribution in [0.25, 0.3) is 0 Å². The van der Waals surface area contributed by atoms with Gasteiger partial charge in [-0.2, -0.15) is 0 Å². The molecule has 1 N–H and O–H groups in total. The number of nitrogens with zero attached hydrogens (tertiary/aromatic N) is 1. The number of anilines is 1. The van der Waals surface area contributed by atoms with Crippen molar-refractivity contribution in [3.8, 4) is 0 Å². The van der Waals surface area contributed by atoms with Crippen molar-refractivity contribution in [1.82, 2.24) is 5.32 Å². The van der Waals surface area contributed by atoms with Crippen LogP contribution in [0, 0.1) is 23.7 Å². The van der Waals surface area contributed by atoms with Crippen molar-refractivity contribution in [3.63, 3.8) is 0 Å². The summed E-state index contributed by atoms with van der Waals surface area (Å²) in [5.74, 6) is 2.38. The summed E-state index contributed by atoms with van der Waals surface area (Å²) in [5.41, 5.74) is 4.29. The standard InChI is InChI=1S/C31H42N2O2/c1-6-9-11-23(12-10-7-2)13-16-30(34)32-18-17-27-28-20-33(21-29(27)28)25-14-15-26(24(8-3)19-25)31(35)22(4)5/h6,9-16,19,22,27-29H,7-8,17-18,20-21H2,1-5H3,(H,32,34)/b9-6-,12-10+,16-13+,23-11+. The van der Waals surface area contributed by atoms with Crippen molar-refractivity contribution < 1.29 is 9.59 Å². The Morgan fingerprint density at radius 3 is 2.49 bits per heavy atom. The van der Waals surface area contributed by atoms with E-state index in [2.05, 4.69) is 42.3 Å². The van der Waals surface area contributed by atoms with E-state index >= 15 is 0 Å². The number of carbonyl (C=O) groups is 2. The predicted molar refractivity (Wildman–Crippen MR) is 147 cm³/mol. The van der Waals surface area contributed by atoms with Crippen LogP contribution in [-0.4, -0.2) is 31.3 Å². The number of allylic oxidation sites excluding steroid dienone is 7. The first kappa shape index (κ1) is 26.7. The number of fused-ring (bicyclic) bond motifs is 1. The highest BCUT2D eigenvalue weighted by molar-refractivity contribution is 5.99. The number of Topliss-reactive ketones (excluding diaryl/α,β-unsaturated/α-hetero) is 1. The molecule has 35 heavy (non-hydrogen) atoms. The van der Waals surface area contributed by atoms with Crippen LogP contribution in [-0.2, 0) is 11.2 Å². The minimum Gasteiger partial charge on any atom is -0.371 e. The van der Waals surface area contributed by atoms with Crippen molar-refractivity contribution >= 4 is 17.4 Å². The molecule has 0 spiro atoms. The summed E-state index contributed by atoms with van der Waals surface area (Å²) in [4.78, 5) is 27.2. The lowest BCUT2D eigenvalue weighted by molar-refractivity contribution is -0.116. The third-order valence-electron chi connectivity index (χ3n) is 7.23. The van der Waals surface area contributed by atoms with Crippen LogP contribution in [0.4, 0.5) is 5.69 Å². The first-order valence-electron chi connectivity index (χ1n) is 13.3. The molecule has 4 nitrogen and oxygen atoms in total. The topological polar surface area (TPSA) is 49.4 Å². The van der Waals surface area contributed by atoms with Gasteiger partial charge in [-0.15, -0.1) is 0 Å². The van der Waals surface area contributed by atoms with Crippen LogP contribution in [0.15, 0.2) is 66.3 Å². The van der Waals surface area contributed by atoms with Crippen LogP contribution in [0.2, 0.25) is 0 Å². The zero-order chi connectivity index (χ0) is 25.4. The molecule has 1 saturated carbocycles. The zero-order valence-corrected chi connectivity index (χ0v) is 22.1. The van der Waals surface area contributed by atoms with Crippen molar-refractivity contribution in [3.05, 3.63) is 77.4 Å². The largest absolute Gasteiger partial charge is 0.371 e. The number of rotatable bonds is 12. The number of amides is 1. The average molecular weight is 475 g/mol. The highest BCUT2D eigenvalue weighted by Crippen LogP contribution is 2.54. The SMILES string of the molecule is C\C=C/C=C(\C=C\CC)/C=C/C(=O)NCCC1C2CN(c3ccc(C(=O)C(C)C)c(CC)c3)CC12. The fourth-order valence-electron chi connectivity index (χ4n) is 5.13. The van der Waals surface area contributed by atoms with Gasteiger partial charge in [0.2, 0.25) is 5.91 Å². The van der Waals surface area contributed by atoms with E-state index in [1.807, 2.05) is 57.2 Å². The Hall–Kier alpha value is -2.88. The summed E-state index contributed by atoms with van der Waals surface area (Å²) < 4.78 is 0. The fourth-order valence-corrected chi connectivity index (χ4v) is 5.13. The van der Waals surface area contributed by atoms with E-state index in [0.29, 0.717) is 5.92 Å². The Labute approximate surface area is 211 Å². The average Bonchev–Trinajstić information content (AvgIpc) is 3.30. The van der Waals surface area contributed by atoms with Gasteiger partial charge in [-0.3, -0.25) is 9.59 Å². The molecule has 2 atom stereocenters. The van der Waals surface area contributed by atoms with Gasteiger partial charge in [-0.05, 0) is 79.4 Å². The lowest BCUT2D eigenvalue weighted by Crippen LogP contribution is -2.26. The third-order valence-corrected chi connectivity index (χ3v) is 7.23. The number of ketones is 1. The van der Waals surface area contributed by atoms with Crippen LogP contribution >= 0.6 is 0 Å². The summed E-state index contributed by atoms with van der Waals surface area (Å²) >= 11 is 0. The molecule has 3 rings (SSSR count). The minimum atomic E-state index is -0.0307. The summed E-state index contributed by atoms with van der Waals surface area (Å²) in [6.07, 6.45) is 16.5. The lowest BCUT2D eigenvalue weighted by atomic mass is 9.94. The van der Waals surface area contributed by atoms with Gasteiger partial charge in [0.1, 0.15) is 0 Å². The van der Waals surface area contributed by atoms with Gasteiger partial charge in [0.25, 0.3) is 0 Å². The van der Waals surface area contributed by atoms with E-state index in [9.17, 15) is 9.59 Å². The van der Waals surface area contributed by atoms with Crippen molar-refractivity contribution in [2.75, 3.05) is 24.5 Å². The van der Waals surface area contributed by atoms with Gasteiger partial charge >= 0.3 is 0 Å². The van der Waals surface area contributed by atoms with Crippen molar-refractivity contribution in [2.45, 2.75) is 53.9 Å². The van der Waals surface area contributed by atoms with Gasteiger partial charge in [0, 0.05) is 42.9 Å². The Morgan fingerprint density at radius 2 is 1.86 bits per heavy atom. The van der Waals surface area contributed by atoms with E-state index in [1.165, 1.54) is 5.69 Å². The van der Waals surface area contributed by atoms with Gasteiger partial charge in [0.05, 0.1) is 0 Å². The quantitative estimate of drug-likeness (QED) is 0.220. The Morgan fingerprint density at radius 1 is 1.11 bits per heavy atom. The molecular formula is C31H42N2O2. The van der Waals surface area contributed by atoms with Crippen molar-refractivity contribution in [1.29, 1.82) is 0 Å². The molecule has 1 aliphatic heterocycles. The first-order valence-corrected chi connectivity index (χ1v) is 13.3. The molecule has 2 unspecified atom stereocenters. The van der Waals surface area contributed by atoms with E-state index in [-0.39, 0.29) is 17.6 Å². The molecule has 1 saturated heterocycles. The maximum atomic E-state index is 12.5. The van der Waals surface area contributed by atoms with Crippen LogP contribution < -0.4 is 10.2 Å². The normalized spacial score (nSPS) is 22.1. The number of piperidine rings is 1. The molecule has 1 amide bonds. The number of hydrogen-bond donors (Lipinski definition) is 1. The highest BCUT2D eigenvalue weighted by atomic mass is 16.1. The van der Waals surface area contributed by atoms with Gasteiger partial charge in [0.15, 0.2) is 5.78 Å². The van der Waals surface area contributed by atoms with E-state index in [4.69, 9.17) is 0 Å². The minimum absolute atomic E-state index is 0.0249. The Kier molecular flexibility index (Phi) is 9.71. The zero-order valence-electron chi connectivity index (χ0n) is 22.1. The number of benzene rings is 1. The molecule has 0 bridgehead atoms. The Balaban J connectivity index is 1.45. The van der Waals surface area contributed by atoms with Gasteiger partial charge in [-0.25, -0.2) is 0 Å². The summed E-state index contributed by atoms with van der Waals surface area (Å²) in [7, 11) is 0. The summed E-state index contributed by atoms with van der Waals surface area (Å²) in [6, 6.07) is 6.37. The molecule has 1 aromatic carbocycles. The smallest absolute Gasteiger partial charge is 0.243 e. The molecule has 188 valence electrons. The number of aryl methyl sites for hydroxylation is 1. The summed E-state index contributed by atoms with van der Waals surface area (Å²) in [6.45, 7) is 13.0. The van der Waals surface area contributed by atoms with Crippen molar-refractivity contribution in [2.24, 2.45) is 23.7 Å². The molecular weight excluding hydrogens is 432 g/mol. The van der Waals surface area contributed by atoms with Crippen LogP contribution in [0.1, 0.15) is 63.4 Å². The second kappa shape index (κ2) is 12.7. The summed E-state index contributed by atoms with van der Waals surface area (Å²) in [5, 5.41) is 3.05. The number of hydrogen-bond acceptors (Lipinski definition) is 3. The Bertz CT molecular complexity index is 1000. The van der Waals surface area contributed by atoms with Gasteiger partial charge < -0.3 is 10.2 Å². The fraction of sp³-hybridized carbons (Fsp3) is 0.484. The second-order valence-electron chi connectivity index (χ2n) is 10.0. The molecule has 1 heterocycles. The van der Waals surface area contributed by atoms with Crippen LogP contribution in [0.3, 0.4) is 0 Å². The maximum absolute atomic E-state index is 12.5. The lowest BCUT2D eigenvalue weighted by Gasteiger charge is -2.23. The monoisotopic (exact) mass is 474 g/mol. The molecule has 0 radical (unpaired) electrons. The van der Waals surface area contributed by atoms with E-state index < -0.39 is 0 Å².